The van der Waals surface area contributed by atoms with E-state index in [1.54, 1.807) is 19.1 Å². The second kappa shape index (κ2) is 5.61. The summed E-state index contributed by atoms with van der Waals surface area (Å²) in [5.41, 5.74) is 0.484. The lowest BCUT2D eigenvalue weighted by Gasteiger charge is -2.39. The van der Waals surface area contributed by atoms with Crippen molar-refractivity contribution in [2.45, 2.75) is 44.4 Å². The first-order chi connectivity index (χ1) is 10.1. The maximum atomic E-state index is 12.3. The Hall–Kier alpha value is -1.66. The van der Waals surface area contributed by atoms with Crippen molar-refractivity contribution in [3.05, 3.63) is 33.7 Å². The highest BCUT2D eigenvalue weighted by Gasteiger charge is 2.46. The van der Waals surface area contributed by atoms with Crippen molar-refractivity contribution in [1.29, 1.82) is 0 Å². The van der Waals surface area contributed by atoms with Gasteiger partial charge in [-0.05, 0) is 31.9 Å². The van der Waals surface area contributed by atoms with Crippen molar-refractivity contribution in [2.24, 2.45) is 0 Å². The number of rotatable bonds is 2. The third kappa shape index (κ3) is 2.73. The van der Waals surface area contributed by atoms with E-state index in [0.29, 0.717) is 13.2 Å². The summed E-state index contributed by atoms with van der Waals surface area (Å²) in [5, 5.41) is 2.92. The number of aromatic amines is 1. The van der Waals surface area contributed by atoms with E-state index in [4.69, 9.17) is 9.47 Å². The van der Waals surface area contributed by atoms with Crippen LogP contribution in [0.2, 0.25) is 0 Å². The van der Waals surface area contributed by atoms with E-state index in [1.807, 2.05) is 0 Å². The van der Waals surface area contributed by atoms with E-state index in [0.717, 1.165) is 31.4 Å². The molecule has 21 heavy (non-hydrogen) atoms. The van der Waals surface area contributed by atoms with Crippen molar-refractivity contribution in [3.8, 4) is 0 Å². The lowest BCUT2D eigenvalue weighted by atomic mass is 9.88. The summed E-state index contributed by atoms with van der Waals surface area (Å²) in [7, 11) is 0. The van der Waals surface area contributed by atoms with E-state index >= 15 is 0 Å². The molecule has 0 aromatic carbocycles. The van der Waals surface area contributed by atoms with E-state index in [9.17, 15) is 9.59 Å². The average molecular weight is 292 g/mol. The number of nitrogens with one attached hydrogen (secondary N) is 2. The summed E-state index contributed by atoms with van der Waals surface area (Å²) < 4.78 is 11.5. The second-order valence-electron chi connectivity index (χ2n) is 5.66. The highest BCUT2D eigenvalue weighted by molar-refractivity contribution is 5.94. The molecule has 6 heteroatoms. The van der Waals surface area contributed by atoms with Crippen molar-refractivity contribution in [3.63, 3.8) is 0 Å². The summed E-state index contributed by atoms with van der Waals surface area (Å²) in [6.45, 7) is 2.88. The molecule has 1 atom stereocenters. The van der Waals surface area contributed by atoms with E-state index in [2.05, 4.69) is 10.3 Å². The standard InChI is InChI=1S/C15H20N2O4/c1-10-5-6-11(13(18)16-10)14(19)17-12-4-2-3-7-15(12)20-8-9-21-15/h5-6,12H,2-4,7-9H2,1H3,(H,16,18)(H,17,19)/t12-/m1/s1. The highest BCUT2D eigenvalue weighted by atomic mass is 16.7. The first-order valence-electron chi connectivity index (χ1n) is 7.39. The zero-order valence-corrected chi connectivity index (χ0v) is 12.1. The molecule has 2 fully saturated rings. The summed E-state index contributed by atoms with van der Waals surface area (Å²) >= 11 is 0. The molecule has 0 radical (unpaired) electrons. The van der Waals surface area contributed by atoms with Gasteiger partial charge in [-0.15, -0.1) is 0 Å². The van der Waals surface area contributed by atoms with Crippen LogP contribution in [0.15, 0.2) is 16.9 Å². The summed E-state index contributed by atoms with van der Waals surface area (Å²) in [4.78, 5) is 26.8. The van der Waals surface area contributed by atoms with Crippen molar-refractivity contribution < 1.29 is 14.3 Å². The molecule has 2 heterocycles. The lowest BCUT2D eigenvalue weighted by Crippen LogP contribution is -2.55. The Morgan fingerprint density at radius 1 is 1.33 bits per heavy atom. The Morgan fingerprint density at radius 3 is 2.81 bits per heavy atom. The monoisotopic (exact) mass is 292 g/mol. The molecule has 6 nitrogen and oxygen atoms in total. The molecule has 2 aliphatic rings. The molecule has 1 saturated heterocycles. The van der Waals surface area contributed by atoms with Crippen LogP contribution in [0.25, 0.3) is 0 Å². The number of amides is 1. The van der Waals surface area contributed by atoms with Crippen LogP contribution in [0.4, 0.5) is 0 Å². The number of ether oxygens (including phenoxy) is 2. The van der Waals surface area contributed by atoms with Gasteiger partial charge in [0.05, 0.1) is 19.3 Å². The maximum Gasteiger partial charge on any atom is 0.260 e. The molecule has 114 valence electrons. The fraction of sp³-hybridized carbons (Fsp3) is 0.600. The molecule has 0 bridgehead atoms. The number of aromatic nitrogens is 1. The second-order valence-corrected chi connectivity index (χ2v) is 5.66. The SMILES string of the molecule is Cc1ccc(C(=O)N[C@@H]2CCCCC23OCCO3)c(=O)[nH]1. The summed E-state index contributed by atoms with van der Waals surface area (Å²) in [5.74, 6) is -1.08. The van der Waals surface area contributed by atoms with Crippen molar-refractivity contribution in [2.75, 3.05) is 13.2 Å². The van der Waals surface area contributed by atoms with Crippen LogP contribution in [0.1, 0.15) is 41.7 Å². The molecule has 0 unspecified atom stereocenters. The molecule has 1 aromatic rings. The minimum Gasteiger partial charge on any atom is -0.346 e. The first-order valence-corrected chi connectivity index (χ1v) is 7.39. The maximum absolute atomic E-state index is 12.3. The number of aryl methyl sites for hydroxylation is 1. The predicted molar refractivity (Wildman–Crippen MR) is 76.2 cm³/mol. The van der Waals surface area contributed by atoms with Gasteiger partial charge in [0.2, 0.25) is 0 Å². The van der Waals surface area contributed by atoms with Crippen LogP contribution < -0.4 is 10.9 Å². The Balaban J connectivity index is 1.78. The Kier molecular flexibility index (Phi) is 3.82. The van der Waals surface area contributed by atoms with Gasteiger partial charge >= 0.3 is 0 Å². The molecule has 1 spiro atoms. The number of hydrogen-bond donors (Lipinski definition) is 2. The zero-order chi connectivity index (χ0) is 14.9. The van der Waals surface area contributed by atoms with Gasteiger partial charge in [0, 0.05) is 12.1 Å². The highest BCUT2D eigenvalue weighted by Crippen LogP contribution is 2.36. The molecular weight excluding hydrogens is 272 g/mol. The van der Waals surface area contributed by atoms with Gasteiger partial charge in [0.1, 0.15) is 5.56 Å². The van der Waals surface area contributed by atoms with Gasteiger partial charge in [-0.2, -0.15) is 0 Å². The number of H-pyrrole nitrogens is 1. The quantitative estimate of drug-likeness (QED) is 0.855. The number of pyridine rings is 1. The lowest BCUT2D eigenvalue weighted by molar-refractivity contribution is -0.192. The summed E-state index contributed by atoms with van der Waals surface area (Å²) in [6.07, 6.45) is 3.62. The normalized spacial score (nSPS) is 24.1. The zero-order valence-electron chi connectivity index (χ0n) is 12.1. The molecule has 1 aromatic heterocycles. The smallest absolute Gasteiger partial charge is 0.260 e. The Labute approximate surface area is 122 Å². The number of hydrogen-bond acceptors (Lipinski definition) is 4. The van der Waals surface area contributed by atoms with Gasteiger partial charge in [-0.3, -0.25) is 9.59 Å². The van der Waals surface area contributed by atoms with E-state index in [-0.39, 0.29) is 23.1 Å². The average Bonchev–Trinajstić information content (AvgIpc) is 2.90. The molecular formula is C15H20N2O4. The van der Waals surface area contributed by atoms with Crippen LogP contribution in [0.5, 0.6) is 0 Å². The van der Waals surface area contributed by atoms with E-state index in [1.165, 1.54) is 0 Å². The van der Waals surface area contributed by atoms with Gasteiger partial charge in [-0.1, -0.05) is 6.42 Å². The van der Waals surface area contributed by atoms with Gasteiger partial charge in [0.15, 0.2) is 5.79 Å². The van der Waals surface area contributed by atoms with Crippen molar-refractivity contribution in [1.82, 2.24) is 10.3 Å². The number of carbonyl (C=O) groups excluding carboxylic acids is 1. The summed E-state index contributed by atoms with van der Waals surface area (Å²) in [6, 6.07) is 3.06. The van der Waals surface area contributed by atoms with E-state index < -0.39 is 5.79 Å². The van der Waals surface area contributed by atoms with Gasteiger partial charge < -0.3 is 19.8 Å². The van der Waals surface area contributed by atoms with Crippen LogP contribution in [-0.4, -0.2) is 35.9 Å². The predicted octanol–water partition coefficient (Wildman–Crippen LogP) is 1.10. The minimum absolute atomic E-state index is 0.124. The minimum atomic E-state index is -0.703. The van der Waals surface area contributed by atoms with Crippen LogP contribution in [-0.2, 0) is 9.47 Å². The third-order valence-corrected chi connectivity index (χ3v) is 4.18. The molecule has 1 amide bonds. The molecule has 1 aliphatic heterocycles. The van der Waals surface area contributed by atoms with Gasteiger partial charge in [0.25, 0.3) is 11.5 Å². The van der Waals surface area contributed by atoms with Crippen molar-refractivity contribution >= 4 is 5.91 Å². The molecule has 2 N–H and O–H groups in total. The van der Waals surface area contributed by atoms with Gasteiger partial charge in [-0.25, -0.2) is 0 Å². The molecule has 1 aliphatic carbocycles. The Morgan fingerprint density at radius 2 is 2.10 bits per heavy atom. The third-order valence-electron chi connectivity index (χ3n) is 4.18. The van der Waals surface area contributed by atoms with Crippen LogP contribution in [0, 0.1) is 6.92 Å². The van der Waals surface area contributed by atoms with Crippen LogP contribution in [0.3, 0.4) is 0 Å². The van der Waals surface area contributed by atoms with Crippen LogP contribution >= 0.6 is 0 Å². The largest absolute Gasteiger partial charge is 0.346 e. The first kappa shape index (κ1) is 14.3. The molecule has 1 saturated carbocycles. The Bertz CT molecular complexity index is 590. The topological polar surface area (TPSA) is 80.4 Å². The fourth-order valence-electron chi connectivity index (χ4n) is 3.10. The fourth-order valence-corrected chi connectivity index (χ4v) is 3.10. The number of carbonyl (C=O) groups is 1. The molecule has 3 rings (SSSR count).